The molecule has 29 heavy (non-hydrogen) atoms. The Morgan fingerprint density at radius 1 is 1.07 bits per heavy atom. The van der Waals surface area contributed by atoms with Gasteiger partial charge in [0, 0.05) is 50.5 Å². The summed E-state index contributed by atoms with van der Waals surface area (Å²) >= 11 is 0. The number of halogens is 1. The number of amides is 2. The third kappa shape index (κ3) is 5.89. The minimum atomic E-state index is -0.486. The van der Waals surface area contributed by atoms with Gasteiger partial charge in [-0.1, -0.05) is 12.1 Å². The zero-order valence-corrected chi connectivity index (χ0v) is 16.0. The van der Waals surface area contributed by atoms with Gasteiger partial charge in [-0.15, -0.1) is 0 Å². The van der Waals surface area contributed by atoms with Crippen molar-refractivity contribution in [3.63, 3.8) is 0 Å². The molecule has 1 aliphatic heterocycles. The summed E-state index contributed by atoms with van der Waals surface area (Å²) in [6.07, 6.45) is 0.799. The molecule has 1 fully saturated rings. The normalized spacial score (nSPS) is 14.4. The van der Waals surface area contributed by atoms with Gasteiger partial charge in [0.25, 0.3) is 5.69 Å². The molecule has 0 aliphatic carbocycles. The maximum atomic E-state index is 13.9. The van der Waals surface area contributed by atoms with Crippen LogP contribution in [-0.4, -0.2) is 55.1 Å². The number of piperazine rings is 1. The van der Waals surface area contributed by atoms with Crippen molar-refractivity contribution in [1.29, 1.82) is 0 Å². The lowest BCUT2D eigenvalue weighted by atomic mass is 10.2. The molecule has 1 heterocycles. The van der Waals surface area contributed by atoms with Gasteiger partial charge >= 0.3 is 6.03 Å². The monoisotopic (exact) mass is 401 g/mol. The lowest BCUT2D eigenvalue weighted by molar-refractivity contribution is -0.384. The Labute approximate surface area is 168 Å². The van der Waals surface area contributed by atoms with Gasteiger partial charge in [0.15, 0.2) is 0 Å². The van der Waals surface area contributed by atoms with Crippen molar-refractivity contribution >= 4 is 23.1 Å². The van der Waals surface area contributed by atoms with Crippen LogP contribution in [0.1, 0.15) is 6.42 Å². The predicted molar refractivity (Wildman–Crippen MR) is 110 cm³/mol. The molecule has 154 valence electrons. The molecule has 8 nitrogen and oxygen atoms in total. The number of rotatable bonds is 7. The third-order valence-electron chi connectivity index (χ3n) is 4.84. The average molecular weight is 401 g/mol. The van der Waals surface area contributed by atoms with E-state index in [1.54, 1.807) is 12.1 Å². The first-order valence-electron chi connectivity index (χ1n) is 9.54. The molecule has 3 rings (SSSR count). The molecule has 2 aromatic rings. The summed E-state index contributed by atoms with van der Waals surface area (Å²) < 4.78 is 13.9. The van der Waals surface area contributed by atoms with Crippen LogP contribution in [0.4, 0.5) is 26.2 Å². The topological polar surface area (TPSA) is 90.8 Å². The number of anilines is 2. The van der Waals surface area contributed by atoms with Gasteiger partial charge in [-0.3, -0.25) is 15.0 Å². The smallest absolute Gasteiger partial charge is 0.319 e. The van der Waals surface area contributed by atoms with E-state index in [0.717, 1.165) is 39.1 Å². The number of nitro groups is 1. The van der Waals surface area contributed by atoms with Crippen molar-refractivity contribution < 1.29 is 14.1 Å². The number of nitrogens with one attached hydrogen (secondary N) is 2. The number of hydrogen-bond donors (Lipinski definition) is 2. The predicted octanol–water partition coefficient (Wildman–Crippen LogP) is 3.07. The number of nitro benzene ring substituents is 1. The van der Waals surface area contributed by atoms with Gasteiger partial charge in [0.1, 0.15) is 5.82 Å². The molecule has 0 bridgehead atoms. The van der Waals surface area contributed by atoms with E-state index in [1.165, 1.54) is 30.3 Å². The summed E-state index contributed by atoms with van der Waals surface area (Å²) in [5.41, 5.74) is 1.13. The molecule has 2 N–H and O–H groups in total. The molecule has 1 aliphatic rings. The first-order valence-corrected chi connectivity index (χ1v) is 9.54. The molecule has 2 aromatic carbocycles. The van der Waals surface area contributed by atoms with Crippen LogP contribution < -0.4 is 15.5 Å². The SMILES string of the molecule is O=C(NCCCN1CCN(c2ccccc2F)CC1)Nc1ccc([N+](=O)[O-])cc1. The number of nitrogens with zero attached hydrogens (tertiary/aromatic N) is 3. The number of carbonyl (C=O) groups excluding carboxylic acids is 1. The van der Waals surface area contributed by atoms with Crippen LogP contribution in [0.5, 0.6) is 0 Å². The van der Waals surface area contributed by atoms with Gasteiger partial charge in [-0.2, -0.15) is 0 Å². The van der Waals surface area contributed by atoms with Gasteiger partial charge in [-0.25, -0.2) is 9.18 Å². The molecule has 0 spiro atoms. The molecule has 2 amide bonds. The van der Waals surface area contributed by atoms with Crippen molar-refractivity contribution in [3.8, 4) is 0 Å². The van der Waals surface area contributed by atoms with Gasteiger partial charge in [-0.05, 0) is 37.2 Å². The lowest BCUT2D eigenvalue weighted by Crippen LogP contribution is -2.47. The number of hydrogen-bond acceptors (Lipinski definition) is 5. The zero-order valence-electron chi connectivity index (χ0n) is 16.0. The van der Waals surface area contributed by atoms with Crippen LogP contribution in [-0.2, 0) is 0 Å². The highest BCUT2D eigenvalue weighted by atomic mass is 19.1. The third-order valence-corrected chi connectivity index (χ3v) is 4.84. The van der Waals surface area contributed by atoms with Gasteiger partial charge in [0.05, 0.1) is 10.6 Å². The summed E-state index contributed by atoms with van der Waals surface area (Å²) in [5.74, 6) is -0.191. The first-order chi connectivity index (χ1) is 14.0. The molecule has 0 aromatic heterocycles. The van der Waals surface area contributed by atoms with E-state index >= 15 is 0 Å². The van der Waals surface area contributed by atoms with E-state index in [4.69, 9.17) is 0 Å². The second kappa shape index (κ2) is 9.83. The molecule has 0 atom stereocenters. The number of urea groups is 1. The maximum Gasteiger partial charge on any atom is 0.319 e. The van der Waals surface area contributed by atoms with Crippen molar-refractivity contribution in [2.24, 2.45) is 0 Å². The van der Waals surface area contributed by atoms with Crippen molar-refractivity contribution in [2.45, 2.75) is 6.42 Å². The summed E-state index contributed by atoms with van der Waals surface area (Å²) in [5, 5.41) is 16.1. The van der Waals surface area contributed by atoms with Crippen molar-refractivity contribution in [2.75, 3.05) is 49.5 Å². The Kier molecular flexibility index (Phi) is 6.96. The highest BCUT2D eigenvalue weighted by Crippen LogP contribution is 2.20. The zero-order chi connectivity index (χ0) is 20.6. The summed E-state index contributed by atoms with van der Waals surface area (Å²) in [6.45, 7) is 4.62. The maximum absolute atomic E-state index is 13.9. The van der Waals surface area contributed by atoms with Crippen LogP contribution in [0, 0.1) is 15.9 Å². The van der Waals surface area contributed by atoms with Gasteiger partial charge < -0.3 is 15.5 Å². The molecular weight excluding hydrogens is 377 g/mol. The van der Waals surface area contributed by atoms with Crippen LogP contribution in [0.3, 0.4) is 0 Å². The first kappa shape index (κ1) is 20.5. The second-order valence-electron chi connectivity index (χ2n) is 6.82. The molecule has 1 saturated heterocycles. The largest absolute Gasteiger partial charge is 0.367 e. The van der Waals surface area contributed by atoms with Crippen LogP contribution in [0.25, 0.3) is 0 Å². The fourth-order valence-corrected chi connectivity index (χ4v) is 3.27. The summed E-state index contributed by atoms with van der Waals surface area (Å²) in [7, 11) is 0. The Morgan fingerprint density at radius 3 is 2.41 bits per heavy atom. The number of carbonyl (C=O) groups is 1. The average Bonchev–Trinajstić information content (AvgIpc) is 2.72. The quantitative estimate of drug-likeness (QED) is 0.423. The molecule has 0 unspecified atom stereocenters. The minimum Gasteiger partial charge on any atom is -0.367 e. The second-order valence-corrected chi connectivity index (χ2v) is 6.82. The van der Waals surface area contributed by atoms with E-state index in [-0.39, 0.29) is 17.5 Å². The van der Waals surface area contributed by atoms with Crippen molar-refractivity contribution in [1.82, 2.24) is 10.2 Å². The number of benzene rings is 2. The van der Waals surface area contributed by atoms with Crippen LogP contribution in [0.15, 0.2) is 48.5 Å². The van der Waals surface area contributed by atoms with E-state index in [0.29, 0.717) is 17.9 Å². The highest BCUT2D eigenvalue weighted by Gasteiger charge is 2.18. The number of para-hydroxylation sites is 1. The van der Waals surface area contributed by atoms with E-state index < -0.39 is 4.92 Å². The Morgan fingerprint density at radius 2 is 1.76 bits per heavy atom. The van der Waals surface area contributed by atoms with Crippen LogP contribution in [0.2, 0.25) is 0 Å². The standard InChI is InChI=1S/C20H24FN5O3/c21-18-4-1-2-5-19(18)25-14-12-24(13-15-25)11-3-10-22-20(27)23-16-6-8-17(9-7-16)26(28)29/h1-2,4-9H,3,10-15H2,(H2,22,23,27). The highest BCUT2D eigenvalue weighted by molar-refractivity contribution is 5.89. The summed E-state index contributed by atoms with van der Waals surface area (Å²) in [4.78, 5) is 26.4. The molecule has 0 radical (unpaired) electrons. The molecular formula is C20H24FN5O3. The van der Waals surface area contributed by atoms with E-state index in [9.17, 15) is 19.3 Å². The lowest BCUT2D eigenvalue weighted by Gasteiger charge is -2.36. The Balaban J connectivity index is 1.32. The fraction of sp³-hybridized carbons (Fsp3) is 0.350. The minimum absolute atomic E-state index is 0.0222. The Bertz CT molecular complexity index is 838. The Hall–Kier alpha value is -3.20. The van der Waals surface area contributed by atoms with Gasteiger partial charge in [0.2, 0.25) is 0 Å². The molecule has 9 heteroatoms. The van der Waals surface area contributed by atoms with Crippen LogP contribution >= 0.6 is 0 Å². The molecule has 0 saturated carbocycles. The summed E-state index contributed by atoms with van der Waals surface area (Å²) in [6, 6.07) is 12.2. The van der Waals surface area contributed by atoms with Crippen molar-refractivity contribution in [3.05, 3.63) is 64.5 Å². The number of non-ortho nitro benzene ring substituents is 1. The van der Waals surface area contributed by atoms with E-state index in [1.807, 2.05) is 6.07 Å². The van der Waals surface area contributed by atoms with E-state index in [2.05, 4.69) is 20.4 Å². The fourth-order valence-electron chi connectivity index (χ4n) is 3.27.